The van der Waals surface area contributed by atoms with Crippen LogP contribution in [0, 0.1) is 5.92 Å². The highest BCUT2D eigenvalue weighted by Crippen LogP contribution is 2.30. The van der Waals surface area contributed by atoms with Crippen molar-refractivity contribution in [3.05, 3.63) is 0 Å². The van der Waals surface area contributed by atoms with Gasteiger partial charge in [-0.25, -0.2) is 9.59 Å². The van der Waals surface area contributed by atoms with Crippen LogP contribution in [-0.4, -0.2) is 52.6 Å². The van der Waals surface area contributed by atoms with E-state index >= 15 is 0 Å². The summed E-state index contributed by atoms with van der Waals surface area (Å²) in [5.41, 5.74) is 0. The Hall–Kier alpha value is -1.26. The first kappa shape index (κ1) is 15.1. The molecule has 1 atom stereocenters. The van der Waals surface area contributed by atoms with Crippen LogP contribution >= 0.6 is 0 Å². The van der Waals surface area contributed by atoms with E-state index in [-0.39, 0.29) is 12.1 Å². The molecule has 1 saturated heterocycles. The second kappa shape index (κ2) is 6.46. The third-order valence-electron chi connectivity index (χ3n) is 5.03. The number of carboxylic acid groups (broad SMARTS) is 1. The molecule has 2 fully saturated rings. The van der Waals surface area contributed by atoms with E-state index in [9.17, 15) is 14.7 Å². The lowest BCUT2D eigenvalue weighted by Gasteiger charge is -2.37. The molecule has 2 aliphatic rings. The average Bonchev–Trinajstić information content (AvgIpc) is 2.95. The number of hydrogen-bond acceptors (Lipinski definition) is 2. The number of aliphatic carboxylic acids is 1. The lowest BCUT2D eigenvalue weighted by molar-refractivity contribution is -0.141. The Morgan fingerprint density at radius 2 is 1.85 bits per heavy atom. The predicted molar refractivity (Wildman–Crippen MR) is 76.6 cm³/mol. The number of carbonyl (C=O) groups is 2. The van der Waals surface area contributed by atoms with E-state index in [1.54, 1.807) is 4.90 Å². The highest BCUT2D eigenvalue weighted by molar-refractivity contribution is 5.83. The standard InChI is InChI=1S/C15H26N2O3/c1-3-11-6-8-12(9-7-11)16(2)15(20)17-10-4-5-13(17)14(18)19/h11-13H,3-10H2,1-2H3,(H,18,19)/t11?,12?,13-/m1/s1. The molecule has 0 unspecified atom stereocenters. The van der Waals surface area contributed by atoms with Crippen LogP contribution < -0.4 is 0 Å². The van der Waals surface area contributed by atoms with E-state index in [1.807, 2.05) is 7.05 Å². The fourth-order valence-electron chi connectivity index (χ4n) is 3.55. The van der Waals surface area contributed by atoms with Gasteiger partial charge in [-0.3, -0.25) is 0 Å². The summed E-state index contributed by atoms with van der Waals surface area (Å²) in [4.78, 5) is 27.0. The van der Waals surface area contributed by atoms with Crippen LogP contribution in [-0.2, 0) is 4.79 Å². The van der Waals surface area contributed by atoms with Gasteiger partial charge in [0.05, 0.1) is 0 Å². The van der Waals surface area contributed by atoms with E-state index in [0.717, 1.165) is 25.2 Å². The molecule has 5 heteroatoms. The Morgan fingerprint density at radius 3 is 2.40 bits per heavy atom. The molecular formula is C15H26N2O3. The van der Waals surface area contributed by atoms with Crippen molar-refractivity contribution in [3.8, 4) is 0 Å². The summed E-state index contributed by atoms with van der Waals surface area (Å²) in [6.45, 7) is 2.80. The van der Waals surface area contributed by atoms with E-state index < -0.39 is 12.0 Å². The van der Waals surface area contributed by atoms with Crippen molar-refractivity contribution in [2.24, 2.45) is 5.92 Å². The van der Waals surface area contributed by atoms with Crippen molar-refractivity contribution < 1.29 is 14.7 Å². The quantitative estimate of drug-likeness (QED) is 0.865. The summed E-state index contributed by atoms with van der Waals surface area (Å²) < 4.78 is 0. The number of likely N-dealkylation sites (tertiary alicyclic amines) is 1. The SMILES string of the molecule is CCC1CCC(N(C)C(=O)N2CCC[C@@H]2C(=O)O)CC1. The molecule has 0 bridgehead atoms. The van der Waals surface area contributed by atoms with Crippen LogP contribution in [0.5, 0.6) is 0 Å². The fraction of sp³-hybridized carbons (Fsp3) is 0.867. The Kier molecular flexibility index (Phi) is 4.89. The highest BCUT2D eigenvalue weighted by atomic mass is 16.4. The number of carbonyl (C=O) groups excluding carboxylic acids is 1. The molecule has 0 radical (unpaired) electrons. The summed E-state index contributed by atoms with van der Waals surface area (Å²) >= 11 is 0. The molecule has 1 N–H and O–H groups in total. The topological polar surface area (TPSA) is 60.9 Å². The molecule has 2 rings (SSSR count). The Balaban J connectivity index is 1.93. The Bertz CT molecular complexity index is 364. The van der Waals surface area contributed by atoms with Gasteiger partial charge in [-0.15, -0.1) is 0 Å². The van der Waals surface area contributed by atoms with Crippen molar-refractivity contribution in [1.82, 2.24) is 9.80 Å². The van der Waals surface area contributed by atoms with Crippen molar-refractivity contribution in [1.29, 1.82) is 0 Å². The molecule has 2 amide bonds. The van der Waals surface area contributed by atoms with Crippen molar-refractivity contribution in [2.45, 2.75) is 64.0 Å². The molecule has 1 aliphatic carbocycles. The van der Waals surface area contributed by atoms with Crippen molar-refractivity contribution in [2.75, 3.05) is 13.6 Å². The number of rotatable bonds is 3. The fourth-order valence-corrected chi connectivity index (χ4v) is 3.55. The maximum absolute atomic E-state index is 12.5. The molecule has 1 saturated carbocycles. The largest absolute Gasteiger partial charge is 0.480 e. The summed E-state index contributed by atoms with van der Waals surface area (Å²) in [5.74, 6) is -0.0766. The summed E-state index contributed by atoms with van der Waals surface area (Å²) in [5, 5.41) is 9.18. The first-order valence-corrected chi connectivity index (χ1v) is 7.80. The minimum atomic E-state index is -0.876. The second-order valence-electron chi connectivity index (χ2n) is 6.17. The van der Waals surface area contributed by atoms with Crippen LogP contribution in [0.3, 0.4) is 0 Å². The van der Waals surface area contributed by atoms with Gasteiger partial charge in [-0.1, -0.05) is 13.3 Å². The van der Waals surface area contributed by atoms with E-state index in [2.05, 4.69) is 6.92 Å². The summed E-state index contributed by atoms with van der Waals surface area (Å²) in [6.07, 6.45) is 7.05. The van der Waals surface area contributed by atoms with E-state index in [4.69, 9.17) is 0 Å². The molecular weight excluding hydrogens is 256 g/mol. The maximum Gasteiger partial charge on any atom is 0.326 e. The number of urea groups is 1. The van der Waals surface area contributed by atoms with Gasteiger partial charge in [-0.2, -0.15) is 0 Å². The molecule has 20 heavy (non-hydrogen) atoms. The zero-order chi connectivity index (χ0) is 14.7. The smallest absolute Gasteiger partial charge is 0.326 e. The van der Waals surface area contributed by atoms with E-state index in [0.29, 0.717) is 13.0 Å². The summed E-state index contributed by atoms with van der Waals surface area (Å²) in [7, 11) is 1.83. The van der Waals surface area contributed by atoms with Gasteiger partial charge in [0.15, 0.2) is 0 Å². The van der Waals surface area contributed by atoms with Crippen molar-refractivity contribution >= 4 is 12.0 Å². The predicted octanol–water partition coefficient (Wildman–Crippen LogP) is 2.56. The molecule has 1 aliphatic heterocycles. The number of hydrogen-bond donors (Lipinski definition) is 1. The van der Waals surface area contributed by atoms with Crippen LogP contribution in [0.15, 0.2) is 0 Å². The van der Waals surface area contributed by atoms with Crippen LogP contribution in [0.1, 0.15) is 51.9 Å². The lowest BCUT2D eigenvalue weighted by atomic mass is 9.84. The van der Waals surface area contributed by atoms with Crippen LogP contribution in [0.25, 0.3) is 0 Å². The maximum atomic E-state index is 12.5. The normalized spacial score (nSPS) is 30.3. The van der Waals surface area contributed by atoms with Crippen LogP contribution in [0.4, 0.5) is 4.79 Å². The highest BCUT2D eigenvalue weighted by Gasteiger charge is 2.37. The van der Waals surface area contributed by atoms with Crippen LogP contribution in [0.2, 0.25) is 0 Å². The molecule has 0 aromatic carbocycles. The first-order chi connectivity index (χ1) is 9.54. The third-order valence-corrected chi connectivity index (χ3v) is 5.03. The van der Waals surface area contributed by atoms with Gasteiger partial charge in [0.2, 0.25) is 0 Å². The van der Waals surface area contributed by atoms with Gasteiger partial charge < -0.3 is 14.9 Å². The minimum absolute atomic E-state index is 0.102. The first-order valence-electron chi connectivity index (χ1n) is 7.80. The monoisotopic (exact) mass is 282 g/mol. The van der Waals surface area contributed by atoms with Crippen molar-refractivity contribution in [3.63, 3.8) is 0 Å². The molecule has 114 valence electrons. The summed E-state index contributed by atoms with van der Waals surface area (Å²) in [6, 6.07) is -0.452. The Morgan fingerprint density at radius 1 is 1.20 bits per heavy atom. The van der Waals surface area contributed by atoms with Gasteiger partial charge >= 0.3 is 12.0 Å². The zero-order valence-corrected chi connectivity index (χ0v) is 12.5. The second-order valence-corrected chi connectivity index (χ2v) is 6.17. The number of nitrogens with zero attached hydrogens (tertiary/aromatic N) is 2. The average molecular weight is 282 g/mol. The van der Waals surface area contributed by atoms with Gasteiger partial charge in [-0.05, 0) is 44.4 Å². The van der Waals surface area contributed by atoms with Gasteiger partial charge in [0, 0.05) is 19.6 Å². The number of carboxylic acids is 1. The number of amides is 2. The molecule has 1 heterocycles. The van der Waals surface area contributed by atoms with E-state index in [1.165, 1.54) is 24.2 Å². The third kappa shape index (κ3) is 3.07. The lowest BCUT2D eigenvalue weighted by Crippen LogP contribution is -2.50. The Labute approximate surface area is 120 Å². The minimum Gasteiger partial charge on any atom is -0.480 e. The molecule has 0 aromatic rings. The molecule has 0 aromatic heterocycles. The van der Waals surface area contributed by atoms with Gasteiger partial charge in [0.25, 0.3) is 0 Å². The van der Waals surface area contributed by atoms with Gasteiger partial charge in [0.1, 0.15) is 6.04 Å². The molecule has 5 nitrogen and oxygen atoms in total. The zero-order valence-electron chi connectivity index (χ0n) is 12.5. The molecule has 0 spiro atoms.